The monoisotopic (exact) mass is 269 g/mol. The highest BCUT2D eigenvalue weighted by Gasteiger charge is 2.25. The van der Waals surface area contributed by atoms with Crippen molar-refractivity contribution in [2.75, 3.05) is 13.2 Å². The van der Waals surface area contributed by atoms with Gasteiger partial charge in [0.1, 0.15) is 0 Å². The van der Waals surface area contributed by atoms with Crippen molar-refractivity contribution < 1.29 is 9.90 Å². The summed E-state index contributed by atoms with van der Waals surface area (Å²) in [6.45, 7) is 8.79. The van der Waals surface area contributed by atoms with E-state index in [-0.39, 0.29) is 23.8 Å². The van der Waals surface area contributed by atoms with Crippen LogP contribution >= 0.6 is 11.3 Å². The highest BCUT2D eigenvalue weighted by atomic mass is 32.1. The van der Waals surface area contributed by atoms with E-state index in [0.29, 0.717) is 13.0 Å². The van der Waals surface area contributed by atoms with E-state index in [1.54, 1.807) is 11.3 Å². The van der Waals surface area contributed by atoms with Gasteiger partial charge in [0.05, 0.1) is 12.5 Å². The van der Waals surface area contributed by atoms with Crippen molar-refractivity contribution in [2.45, 2.75) is 39.5 Å². The molecule has 0 saturated heterocycles. The maximum absolute atomic E-state index is 11.8. The Morgan fingerprint density at radius 3 is 2.67 bits per heavy atom. The van der Waals surface area contributed by atoms with Crippen molar-refractivity contribution in [1.82, 2.24) is 5.32 Å². The predicted molar refractivity (Wildman–Crippen MR) is 76.0 cm³/mol. The molecule has 1 heterocycles. The second kappa shape index (κ2) is 6.34. The number of nitrogens with one attached hydrogen (secondary N) is 1. The van der Waals surface area contributed by atoms with Crippen molar-refractivity contribution in [1.29, 1.82) is 0 Å². The van der Waals surface area contributed by atoms with Gasteiger partial charge in [-0.15, -0.1) is 11.3 Å². The lowest BCUT2D eigenvalue weighted by molar-refractivity contribution is -0.126. The minimum absolute atomic E-state index is 0.0534. The van der Waals surface area contributed by atoms with Crippen LogP contribution in [0.4, 0.5) is 0 Å². The molecular formula is C14H23NO2S. The van der Waals surface area contributed by atoms with Gasteiger partial charge in [0, 0.05) is 16.8 Å². The standard InChI is InChI=1S/C14H23NO2S/c1-5-11(8-16)13(17)15-9-14(3,4)12-10(2)6-7-18-12/h6-7,11,16H,5,8-9H2,1-4H3,(H,15,17). The van der Waals surface area contributed by atoms with Crippen LogP contribution in [0.2, 0.25) is 0 Å². The first-order valence-electron chi connectivity index (χ1n) is 6.35. The fourth-order valence-electron chi connectivity index (χ4n) is 2.00. The van der Waals surface area contributed by atoms with Gasteiger partial charge in [-0.2, -0.15) is 0 Å². The first-order chi connectivity index (χ1) is 8.42. The van der Waals surface area contributed by atoms with Crippen LogP contribution in [0, 0.1) is 12.8 Å². The Hall–Kier alpha value is -0.870. The molecular weight excluding hydrogens is 246 g/mol. The van der Waals surface area contributed by atoms with Crippen molar-refractivity contribution in [3.8, 4) is 0 Å². The number of hydrogen-bond donors (Lipinski definition) is 2. The molecule has 4 heteroatoms. The third kappa shape index (κ3) is 3.56. The molecule has 0 aromatic carbocycles. The molecule has 1 unspecified atom stereocenters. The SMILES string of the molecule is CCC(CO)C(=O)NCC(C)(C)c1sccc1C. The number of aryl methyl sites for hydroxylation is 1. The van der Waals surface area contributed by atoms with E-state index >= 15 is 0 Å². The molecule has 2 N–H and O–H groups in total. The second-order valence-electron chi connectivity index (χ2n) is 5.32. The van der Waals surface area contributed by atoms with Crippen molar-refractivity contribution >= 4 is 17.2 Å². The molecule has 0 aliphatic rings. The largest absolute Gasteiger partial charge is 0.396 e. The van der Waals surface area contributed by atoms with Gasteiger partial charge in [0.25, 0.3) is 0 Å². The summed E-state index contributed by atoms with van der Waals surface area (Å²) >= 11 is 1.73. The average molecular weight is 269 g/mol. The summed E-state index contributed by atoms with van der Waals surface area (Å²) in [6, 6.07) is 2.10. The van der Waals surface area contributed by atoms with E-state index in [0.717, 1.165) is 0 Å². The molecule has 1 aromatic rings. The lowest BCUT2D eigenvalue weighted by atomic mass is 9.89. The number of carbonyl (C=O) groups excluding carboxylic acids is 1. The zero-order valence-electron chi connectivity index (χ0n) is 11.6. The Labute approximate surface area is 113 Å². The lowest BCUT2D eigenvalue weighted by Gasteiger charge is -2.26. The summed E-state index contributed by atoms with van der Waals surface area (Å²) in [5, 5.41) is 14.1. The molecule has 1 rings (SSSR count). The van der Waals surface area contributed by atoms with Gasteiger partial charge in [-0.3, -0.25) is 4.79 Å². The smallest absolute Gasteiger partial charge is 0.225 e. The van der Waals surface area contributed by atoms with Gasteiger partial charge in [0.15, 0.2) is 0 Å². The molecule has 0 saturated carbocycles. The van der Waals surface area contributed by atoms with Crippen LogP contribution < -0.4 is 5.32 Å². The average Bonchev–Trinajstić information content (AvgIpc) is 2.75. The number of carbonyl (C=O) groups is 1. The summed E-state index contributed by atoms with van der Waals surface area (Å²) < 4.78 is 0. The van der Waals surface area contributed by atoms with Crippen LogP contribution in [0.3, 0.4) is 0 Å². The fourth-order valence-corrected chi connectivity index (χ4v) is 3.05. The number of aliphatic hydroxyl groups is 1. The summed E-state index contributed by atoms with van der Waals surface area (Å²) in [5.41, 5.74) is 1.20. The van der Waals surface area contributed by atoms with Crippen molar-refractivity contribution in [2.24, 2.45) is 5.92 Å². The molecule has 0 bridgehead atoms. The molecule has 0 fully saturated rings. The van der Waals surface area contributed by atoms with E-state index in [1.807, 2.05) is 6.92 Å². The van der Waals surface area contributed by atoms with E-state index in [1.165, 1.54) is 10.4 Å². The van der Waals surface area contributed by atoms with Crippen LogP contribution in [0.15, 0.2) is 11.4 Å². The van der Waals surface area contributed by atoms with Crippen LogP contribution in [0.1, 0.15) is 37.6 Å². The first-order valence-corrected chi connectivity index (χ1v) is 7.23. The second-order valence-corrected chi connectivity index (χ2v) is 6.24. The molecule has 0 spiro atoms. The van der Waals surface area contributed by atoms with Crippen LogP contribution in [-0.2, 0) is 10.2 Å². The molecule has 1 aromatic heterocycles. The van der Waals surface area contributed by atoms with E-state index in [2.05, 4.69) is 37.5 Å². The van der Waals surface area contributed by atoms with Crippen molar-refractivity contribution in [3.63, 3.8) is 0 Å². The molecule has 0 aliphatic carbocycles. The van der Waals surface area contributed by atoms with Crippen LogP contribution in [0.5, 0.6) is 0 Å². The zero-order chi connectivity index (χ0) is 13.8. The molecule has 3 nitrogen and oxygen atoms in total. The Kier molecular flexibility index (Phi) is 5.35. The summed E-state index contributed by atoms with van der Waals surface area (Å²) in [4.78, 5) is 13.1. The van der Waals surface area contributed by atoms with E-state index in [9.17, 15) is 4.79 Å². The lowest BCUT2D eigenvalue weighted by Crippen LogP contribution is -2.40. The fraction of sp³-hybridized carbons (Fsp3) is 0.643. The van der Waals surface area contributed by atoms with Gasteiger partial charge in [-0.25, -0.2) is 0 Å². The highest BCUT2D eigenvalue weighted by molar-refractivity contribution is 7.10. The quantitative estimate of drug-likeness (QED) is 0.833. The maximum Gasteiger partial charge on any atom is 0.225 e. The number of amides is 1. The van der Waals surface area contributed by atoms with Gasteiger partial charge in [-0.05, 0) is 30.4 Å². The Bertz CT molecular complexity index is 394. The van der Waals surface area contributed by atoms with Gasteiger partial charge < -0.3 is 10.4 Å². The number of hydrogen-bond acceptors (Lipinski definition) is 3. The maximum atomic E-state index is 11.8. The van der Waals surface area contributed by atoms with E-state index < -0.39 is 0 Å². The van der Waals surface area contributed by atoms with Crippen LogP contribution in [0.25, 0.3) is 0 Å². The molecule has 0 radical (unpaired) electrons. The molecule has 1 atom stereocenters. The number of aliphatic hydroxyl groups excluding tert-OH is 1. The number of rotatable bonds is 6. The minimum atomic E-state index is -0.287. The summed E-state index contributed by atoms with van der Waals surface area (Å²) in [7, 11) is 0. The van der Waals surface area contributed by atoms with E-state index in [4.69, 9.17) is 5.11 Å². The normalized spacial score (nSPS) is 13.4. The summed E-state index contributed by atoms with van der Waals surface area (Å²) in [6.07, 6.45) is 0.667. The number of thiophene rings is 1. The highest BCUT2D eigenvalue weighted by Crippen LogP contribution is 2.30. The van der Waals surface area contributed by atoms with Gasteiger partial charge in [-0.1, -0.05) is 20.8 Å². The topological polar surface area (TPSA) is 49.3 Å². The third-order valence-electron chi connectivity index (χ3n) is 3.27. The van der Waals surface area contributed by atoms with Crippen molar-refractivity contribution in [3.05, 3.63) is 21.9 Å². The van der Waals surface area contributed by atoms with Gasteiger partial charge >= 0.3 is 0 Å². The van der Waals surface area contributed by atoms with Gasteiger partial charge in [0.2, 0.25) is 5.91 Å². The van der Waals surface area contributed by atoms with Crippen LogP contribution in [-0.4, -0.2) is 24.2 Å². The summed E-state index contributed by atoms with van der Waals surface area (Å²) in [5.74, 6) is -0.340. The Balaban J connectivity index is 2.62. The molecule has 1 amide bonds. The Morgan fingerprint density at radius 1 is 1.56 bits per heavy atom. The predicted octanol–water partition coefficient (Wildman–Crippen LogP) is 2.47. The first kappa shape index (κ1) is 15.2. The molecule has 18 heavy (non-hydrogen) atoms. The Morgan fingerprint density at radius 2 is 2.22 bits per heavy atom. The minimum Gasteiger partial charge on any atom is -0.396 e. The third-order valence-corrected chi connectivity index (χ3v) is 4.65. The zero-order valence-corrected chi connectivity index (χ0v) is 12.4. The molecule has 102 valence electrons. The molecule has 0 aliphatic heterocycles.